The minimum absolute atomic E-state index is 0.0595. The van der Waals surface area contributed by atoms with Gasteiger partial charge in [0.1, 0.15) is 5.76 Å². The van der Waals surface area contributed by atoms with Crippen LogP contribution in [0.15, 0.2) is 77.4 Å². The molecule has 7 heteroatoms. The molecule has 4 aromatic rings. The van der Waals surface area contributed by atoms with Crippen molar-refractivity contribution in [2.45, 2.75) is 19.5 Å². The van der Waals surface area contributed by atoms with Crippen LogP contribution in [0.2, 0.25) is 0 Å². The fraction of sp³-hybridized carbons (Fsp3) is 0.222. The first-order chi connectivity index (χ1) is 16.5. The average Bonchev–Trinajstić information content (AvgIpc) is 3.52. The fourth-order valence-electron chi connectivity index (χ4n) is 4.34. The van der Waals surface area contributed by atoms with Crippen molar-refractivity contribution in [2.75, 3.05) is 20.6 Å². The van der Waals surface area contributed by atoms with Gasteiger partial charge in [0, 0.05) is 49.4 Å². The molecule has 0 unspecified atom stereocenters. The summed E-state index contributed by atoms with van der Waals surface area (Å²) in [6, 6.07) is 21.2. The van der Waals surface area contributed by atoms with Crippen LogP contribution >= 0.6 is 0 Å². The van der Waals surface area contributed by atoms with Gasteiger partial charge in [-0.3, -0.25) is 14.3 Å². The van der Waals surface area contributed by atoms with Crippen LogP contribution in [0.4, 0.5) is 0 Å². The lowest BCUT2D eigenvalue weighted by atomic mass is 10.0. The molecule has 0 saturated carbocycles. The first-order valence-corrected chi connectivity index (χ1v) is 11.3. The van der Waals surface area contributed by atoms with Crippen molar-refractivity contribution >= 4 is 11.8 Å². The van der Waals surface area contributed by atoms with E-state index >= 15 is 0 Å². The van der Waals surface area contributed by atoms with Crippen molar-refractivity contribution in [2.24, 2.45) is 0 Å². The second kappa shape index (κ2) is 9.02. The van der Waals surface area contributed by atoms with Gasteiger partial charge < -0.3 is 14.2 Å². The van der Waals surface area contributed by atoms with Crippen LogP contribution in [0.3, 0.4) is 0 Å². The highest BCUT2D eigenvalue weighted by Crippen LogP contribution is 2.26. The average molecular weight is 455 g/mol. The summed E-state index contributed by atoms with van der Waals surface area (Å²) < 4.78 is 7.35. The van der Waals surface area contributed by atoms with Gasteiger partial charge in [0.05, 0.1) is 19.4 Å². The maximum absolute atomic E-state index is 13.3. The largest absolute Gasteiger partial charge is 0.464 e. The number of hydrogen-bond donors (Lipinski definition) is 0. The van der Waals surface area contributed by atoms with Gasteiger partial charge in [-0.15, -0.1) is 0 Å². The van der Waals surface area contributed by atoms with E-state index in [1.807, 2.05) is 71.4 Å². The quantitative estimate of drug-likeness (QED) is 0.455. The number of aromatic nitrogens is 2. The van der Waals surface area contributed by atoms with E-state index in [1.165, 1.54) is 4.90 Å². The van der Waals surface area contributed by atoms with Crippen molar-refractivity contribution in [1.29, 1.82) is 0 Å². The summed E-state index contributed by atoms with van der Waals surface area (Å²) in [6.45, 7) is 1.52. The molecular weight excluding hydrogens is 428 g/mol. The Morgan fingerprint density at radius 2 is 1.76 bits per heavy atom. The van der Waals surface area contributed by atoms with E-state index in [0.717, 1.165) is 28.1 Å². The standard InChI is InChI=1S/C27H26N4O3/c1-29(2)27(33)25-22-18-30(15-14-23(22)31(28-25)17-19-7-4-3-5-8-19)26(32)21-12-10-20(11-13-21)24-9-6-16-34-24/h3-13,16H,14-15,17-18H2,1-2H3. The van der Waals surface area contributed by atoms with Gasteiger partial charge >= 0.3 is 0 Å². The lowest BCUT2D eigenvalue weighted by Gasteiger charge is -2.28. The highest BCUT2D eigenvalue weighted by molar-refractivity contribution is 5.96. The van der Waals surface area contributed by atoms with Gasteiger partial charge in [0.15, 0.2) is 5.69 Å². The molecule has 0 bridgehead atoms. The van der Waals surface area contributed by atoms with Crippen LogP contribution in [0.5, 0.6) is 0 Å². The molecule has 0 N–H and O–H groups in total. The minimum atomic E-state index is -0.153. The van der Waals surface area contributed by atoms with Gasteiger partial charge in [-0.1, -0.05) is 42.5 Å². The number of fused-ring (bicyclic) bond motifs is 1. The summed E-state index contributed by atoms with van der Waals surface area (Å²) in [4.78, 5) is 29.5. The SMILES string of the molecule is CN(C)C(=O)c1nn(Cc2ccccc2)c2c1CN(C(=O)c1ccc(-c3ccco3)cc1)CC2. The van der Waals surface area contributed by atoms with E-state index < -0.39 is 0 Å². The number of carbonyl (C=O) groups excluding carboxylic acids is 2. The maximum Gasteiger partial charge on any atom is 0.274 e. The van der Waals surface area contributed by atoms with E-state index in [1.54, 1.807) is 25.3 Å². The molecule has 1 aliphatic heterocycles. The summed E-state index contributed by atoms with van der Waals surface area (Å²) in [5.74, 6) is 0.551. The molecule has 172 valence electrons. The lowest BCUT2D eigenvalue weighted by Crippen LogP contribution is -2.37. The summed E-state index contributed by atoms with van der Waals surface area (Å²) in [5, 5.41) is 4.69. The number of furan rings is 1. The van der Waals surface area contributed by atoms with E-state index in [-0.39, 0.29) is 11.8 Å². The van der Waals surface area contributed by atoms with Crippen molar-refractivity contribution in [3.63, 3.8) is 0 Å². The summed E-state index contributed by atoms with van der Waals surface area (Å²) in [7, 11) is 3.44. The Hall–Kier alpha value is -4.13. The number of hydrogen-bond acceptors (Lipinski definition) is 4. The number of rotatable bonds is 5. The Labute approximate surface area is 198 Å². The normalized spacial score (nSPS) is 12.9. The smallest absolute Gasteiger partial charge is 0.274 e. The van der Waals surface area contributed by atoms with Gasteiger partial charge in [-0.25, -0.2) is 0 Å². The van der Waals surface area contributed by atoms with Crippen molar-refractivity contribution < 1.29 is 14.0 Å². The number of amides is 2. The zero-order valence-corrected chi connectivity index (χ0v) is 19.3. The van der Waals surface area contributed by atoms with Gasteiger partial charge in [-0.05, 0) is 29.8 Å². The highest BCUT2D eigenvalue weighted by atomic mass is 16.3. The first-order valence-electron chi connectivity index (χ1n) is 11.3. The lowest BCUT2D eigenvalue weighted by molar-refractivity contribution is 0.0726. The Morgan fingerprint density at radius 1 is 1.00 bits per heavy atom. The van der Waals surface area contributed by atoms with E-state index in [2.05, 4.69) is 0 Å². The predicted molar refractivity (Wildman–Crippen MR) is 128 cm³/mol. The Morgan fingerprint density at radius 3 is 2.44 bits per heavy atom. The molecule has 7 nitrogen and oxygen atoms in total. The molecule has 0 radical (unpaired) electrons. The van der Waals surface area contributed by atoms with Gasteiger partial charge in [-0.2, -0.15) is 5.10 Å². The van der Waals surface area contributed by atoms with Gasteiger partial charge in [0.25, 0.3) is 11.8 Å². The number of carbonyl (C=O) groups is 2. The molecule has 5 rings (SSSR count). The molecule has 0 fully saturated rings. The van der Waals surface area contributed by atoms with Gasteiger partial charge in [0.2, 0.25) is 0 Å². The molecule has 0 atom stereocenters. The molecule has 34 heavy (non-hydrogen) atoms. The van der Waals surface area contributed by atoms with Crippen LogP contribution in [0.1, 0.15) is 37.7 Å². The first kappa shape index (κ1) is 21.7. The third-order valence-electron chi connectivity index (χ3n) is 6.14. The zero-order chi connectivity index (χ0) is 23.7. The second-order valence-corrected chi connectivity index (χ2v) is 8.65. The van der Waals surface area contributed by atoms with Crippen LogP contribution in [-0.4, -0.2) is 52.0 Å². The van der Waals surface area contributed by atoms with Crippen LogP contribution < -0.4 is 0 Å². The summed E-state index contributed by atoms with van der Waals surface area (Å²) in [5.41, 5.74) is 4.92. The minimum Gasteiger partial charge on any atom is -0.464 e. The topological polar surface area (TPSA) is 71.6 Å². The molecule has 3 heterocycles. The zero-order valence-electron chi connectivity index (χ0n) is 19.3. The molecule has 2 aromatic heterocycles. The number of nitrogens with zero attached hydrogens (tertiary/aromatic N) is 4. The molecule has 0 spiro atoms. The van der Waals surface area contributed by atoms with Crippen molar-refractivity contribution in [3.05, 3.63) is 101 Å². The predicted octanol–water partition coefficient (Wildman–Crippen LogP) is 4.09. The Bertz CT molecular complexity index is 1310. The molecule has 0 aliphatic carbocycles. The third kappa shape index (κ3) is 4.12. The molecule has 2 aromatic carbocycles. The third-order valence-corrected chi connectivity index (χ3v) is 6.14. The van der Waals surface area contributed by atoms with Crippen molar-refractivity contribution in [3.8, 4) is 11.3 Å². The van der Waals surface area contributed by atoms with Crippen molar-refractivity contribution in [1.82, 2.24) is 19.6 Å². The van der Waals surface area contributed by atoms with E-state index in [4.69, 9.17) is 9.52 Å². The second-order valence-electron chi connectivity index (χ2n) is 8.65. The Kier molecular flexibility index (Phi) is 5.76. The summed E-state index contributed by atoms with van der Waals surface area (Å²) >= 11 is 0. The monoisotopic (exact) mass is 454 g/mol. The highest BCUT2D eigenvalue weighted by Gasteiger charge is 2.31. The van der Waals surface area contributed by atoms with Crippen LogP contribution in [0, 0.1) is 0 Å². The fourth-order valence-corrected chi connectivity index (χ4v) is 4.34. The Balaban J connectivity index is 1.42. The van der Waals surface area contributed by atoms with E-state index in [9.17, 15) is 9.59 Å². The summed E-state index contributed by atoms with van der Waals surface area (Å²) in [6.07, 6.45) is 2.27. The van der Waals surface area contributed by atoms with Crippen LogP contribution in [-0.2, 0) is 19.5 Å². The molecule has 2 amide bonds. The molecule has 1 aliphatic rings. The maximum atomic E-state index is 13.3. The molecule has 0 saturated heterocycles. The molecular formula is C27H26N4O3. The van der Waals surface area contributed by atoms with Crippen LogP contribution in [0.25, 0.3) is 11.3 Å². The number of benzene rings is 2. The van der Waals surface area contributed by atoms with E-state index in [0.29, 0.717) is 37.3 Å².